The number of halogens is 1. The molecule has 0 aliphatic carbocycles. The molecule has 2 heterocycles. The Balaban J connectivity index is 0.00000128. The molecule has 0 bridgehead atoms. The van der Waals surface area contributed by atoms with Gasteiger partial charge in [0.15, 0.2) is 0 Å². The molecule has 1 aromatic heterocycles. The third kappa shape index (κ3) is 2.64. The second-order valence-electron chi connectivity index (χ2n) is 3.71. The van der Waals surface area contributed by atoms with Crippen LogP contribution in [0.2, 0.25) is 0 Å². The summed E-state index contributed by atoms with van der Waals surface area (Å²) in [5.74, 6) is -0.0800. The first kappa shape index (κ1) is 12.8. The summed E-state index contributed by atoms with van der Waals surface area (Å²) in [5, 5.41) is 2.60. The van der Waals surface area contributed by atoms with Crippen LogP contribution in [0.1, 0.15) is 23.2 Å². The first-order valence-corrected chi connectivity index (χ1v) is 5.23. The lowest BCUT2D eigenvalue weighted by molar-refractivity contribution is 0.0963. The molecule has 0 radical (unpaired) electrons. The number of carbonyl (C=O) groups is 1. The van der Waals surface area contributed by atoms with Gasteiger partial charge in [0.1, 0.15) is 0 Å². The summed E-state index contributed by atoms with van der Waals surface area (Å²) in [6, 6.07) is 1.90. The van der Waals surface area contributed by atoms with Gasteiger partial charge < -0.3 is 10.2 Å². The molecular weight excluding hydrogens is 226 g/mol. The Bertz CT molecular complexity index is 364. The van der Waals surface area contributed by atoms with Gasteiger partial charge in [0.2, 0.25) is 0 Å². The zero-order valence-corrected chi connectivity index (χ0v) is 10.1. The van der Waals surface area contributed by atoms with Gasteiger partial charge in [-0.1, -0.05) is 0 Å². The maximum Gasteiger partial charge on any atom is 0.252 e. The molecule has 1 aromatic rings. The van der Waals surface area contributed by atoms with Crippen molar-refractivity contribution in [2.75, 3.05) is 25.0 Å². The van der Waals surface area contributed by atoms with Crippen molar-refractivity contribution in [2.24, 2.45) is 0 Å². The van der Waals surface area contributed by atoms with Crippen LogP contribution in [0.15, 0.2) is 18.5 Å². The molecule has 88 valence electrons. The summed E-state index contributed by atoms with van der Waals surface area (Å²) in [7, 11) is 1.63. The highest BCUT2D eigenvalue weighted by atomic mass is 35.5. The minimum atomic E-state index is -0.0800. The molecular formula is C11H16ClN3O. The van der Waals surface area contributed by atoms with Crippen molar-refractivity contribution >= 4 is 24.0 Å². The topological polar surface area (TPSA) is 45.2 Å². The van der Waals surface area contributed by atoms with Crippen molar-refractivity contribution in [1.82, 2.24) is 10.3 Å². The Morgan fingerprint density at radius 1 is 1.38 bits per heavy atom. The Hall–Kier alpha value is -1.29. The van der Waals surface area contributed by atoms with Crippen molar-refractivity contribution in [3.63, 3.8) is 0 Å². The number of nitrogens with one attached hydrogen (secondary N) is 1. The molecule has 0 saturated carbocycles. The first-order valence-electron chi connectivity index (χ1n) is 5.23. The van der Waals surface area contributed by atoms with E-state index in [0.29, 0.717) is 5.56 Å². The average molecular weight is 242 g/mol. The highest BCUT2D eigenvalue weighted by Gasteiger charge is 2.14. The van der Waals surface area contributed by atoms with Gasteiger partial charge in [-0.15, -0.1) is 12.4 Å². The molecule has 1 amide bonds. The molecule has 0 atom stereocenters. The van der Waals surface area contributed by atoms with Gasteiger partial charge in [-0.3, -0.25) is 9.78 Å². The standard InChI is InChI=1S/C11H15N3O.ClH/c1-12-11(15)9-6-10(8-13-7-9)14-4-2-3-5-14;/h6-8H,2-5H2,1H3,(H,12,15);1H. The summed E-state index contributed by atoms with van der Waals surface area (Å²) >= 11 is 0. The number of hydrogen-bond acceptors (Lipinski definition) is 3. The minimum Gasteiger partial charge on any atom is -0.370 e. The van der Waals surface area contributed by atoms with E-state index in [4.69, 9.17) is 0 Å². The van der Waals surface area contributed by atoms with Crippen molar-refractivity contribution in [3.8, 4) is 0 Å². The van der Waals surface area contributed by atoms with Crippen LogP contribution >= 0.6 is 12.4 Å². The first-order chi connectivity index (χ1) is 7.31. The molecule has 0 unspecified atom stereocenters. The van der Waals surface area contributed by atoms with Crippen LogP contribution in [0, 0.1) is 0 Å². The predicted molar refractivity (Wildman–Crippen MR) is 66.3 cm³/mol. The van der Waals surface area contributed by atoms with Crippen LogP contribution in [0.3, 0.4) is 0 Å². The maximum absolute atomic E-state index is 11.4. The molecule has 1 aliphatic heterocycles. The second-order valence-corrected chi connectivity index (χ2v) is 3.71. The van der Waals surface area contributed by atoms with E-state index in [-0.39, 0.29) is 18.3 Å². The largest absolute Gasteiger partial charge is 0.370 e. The Morgan fingerprint density at radius 2 is 2.06 bits per heavy atom. The minimum absolute atomic E-state index is 0. The van der Waals surface area contributed by atoms with Gasteiger partial charge in [0, 0.05) is 26.3 Å². The summed E-state index contributed by atoms with van der Waals surface area (Å²) in [6.07, 6.45) is 5.87. The molecule has 1 saturated heterocycles. The summed E-state index contributed by atoms with van der Waals surface area (Å²) in [4.78, 5) is 17.8. The fourth-order valence-electron chi connectivity index (χ4n) is 1.84. The van der Waals surface area contributed by atoms with Gasteiger partial charge in [-0.2, -0.15) is 0 Å². The van der Waals surface area contributed by atoms with E-state index in [1.807, 2.05) is 12.3 Å². The fourth-order valence-corrected chi connectivity index (χ4v) is 1.84. The van der Waals surface area contributed by atoms with Gasteiger partial charge in [0.05, 0.1) is 17.4 Å². The van der Waals surface area contributed by atoms with E-state index in [2.05, 4.69) is 15.2 Å². The van der Waals surface area contributed by atoms with Crippen molar-refractivity contribution in [1.29, 1.82) is 0 Å². The lowest BCUT2D eigenvalue weighted by atomic mass is 10.2. The number of carbonyl (C=O) groups excluding carboxylic acids is 1. The average Bonchev–Trinajstić information content (AvgIpc) is 2.82. The van der Waals surface area contributed by atoms with E-state index in [0.717, 1.165) is 18.8 Å². The van der Waals surface area contributed by atoms with Crippen LogP contribution in [-0.2, 0) is 0 Å². The quantitative estimate of drug-likeness (QED) is 0.853. The monoisotopic (exact) mass is 241 g/mol. The molecule has 4 nitrogen and oxygen atoms in total. The van der Waals surface area contributed by atoms with Crippen LogP contribution in [0.25, 0.3) is 0 Å². The molecule has 1 aliphatic rings. The summed E-state index contributed by atoms with van der Waals surface area (Å²) in [6.45, 7) is 2.14. The fraction of sp³-hybridized carbons (Fsp3) is 0.455. The second kappa shape index (κ2) is 5.70. The maximum atomic E-state index is 11.4. The highest BCUT2D eigenvalue weighted by molar-refractivity contribution is 5.94. The van der Waals surface area contributed by atoms with Crippen molar-refractivity contribution in [3.05, 3.63) is 24.0 Å². The van der Waals surface area contributed by atoms with Gasteiger partial charge >= 0.3 is 0 Å². The zero-order valence-electron chi connectivity index (χ0n) is 9.27. The lowest BCUT2D eigenvalue weighted by Crippen LogP contribution is -2.21. The van der Waals surface area contributed by atoms with Gasteiger partial charge in [0.25, 0.3) is 5.91 Å². The Kier molecular flexibility index (Phi) is 4.55. The van der Waals surface area contributed by atoms with E-state index in [1.165, 1.54) is 12.8 Å². The SMILES string of the molecule is CNC(=O)c1cncc(N2CCCC2)c1.Cl. The van der Waals surface area contributed by atoms with Crippen LogP contribution in [-0.4, -0.2) is 31.0 Å². The number of amides is 1. The molecule has 5 heteroatoms. The zero-order chi connectivity index (χ0) is 10.7. The number of nitrogens with zero attached hydrogens (tertiary/aromatic N) is 2. The summed E-state index contributed by atoms with van der Waals surface area (Å²) < 4.78 is 0. The number of pyridine rings is 1. The normalized spacial score (nSPS) is 14.4. The van der Waals surface area contributed by atoms with E-state index >= 15 is 0 Å². The molecule has 2 rings (SSSR count). The molecule has 16 heavy (non-hydrogen) atoms. The molecule has 0 spiro atoms. The van der Waals surface area contributed by atoms with Crippen molar-refractivity contribution in [2.45, 2.75) is 12.8 Å². The lowest BCUT2D eigenvalue weighted by Gasteiger charge is -2.17. The number of hydrogen-bond donors (Lipinski definition) is 1. The van der Waals surface area contributed by atoms with Crippen LogP contribution in [0.5, 0.6) is 0 Å². The smallest absolute Gasteiger partial charge is 0.252 e. The van der Waals surface area contributed by atoms with E-state index in [1.54, 1.807) is 13.2 Å². The Morgan fingerprint density at radius 3 is 2.69 bits per heavy atom. The van der Waals surface area contributed by atoms with Gasteiger partial charge in [-0.05, 0) is 18.9 Å². The van der Waals surface area contributed by atoms with Gasteiger partial charge in [-0.25, -0.2) is 0 Å². The molecule has 0 aromatic carbocycles. The van der Waals surface area contributed by atoms with E-state index < -0.39 is 0 Å². The van der Waals surface area contributed by atoms with Crippen LogP contribution in [0.4, 0.5) is 5.69 Å². The summed E-state index contributed by atoms with van der Waals surface area (Å²) in [5.41, 5.74) is 1.68. The van der Waals surface area contributed by atoms with Crippen molar-refractivity contribution < 1.29 is 4.79 Å². The van der Waals surface area contributed by atoms with E-state index in [9.17, 15) is 4.79 Å². The predicted octanol–water partition coefficient (Wildman–Crippen LogP) is 1.46. The highest BCUT2D eigenvalue weighted by Crippen LogP contribution is 2.19. The molecule has 1 fully saturated rings. The number of aromatic nitrogens is 1. The third-order valence-electron chi connectivity index (χ3n) is 2.68. The van der Waals surface area contributed by atoms with Crippen LogP contribution < -0.4 is 10.2 Å². The Labute approximate surface area is 101 Å². The molecule has 1 N–H and O–H groups in total. The number of rotatable bonds is 2. The third-order valence-corrected chi connectivity index (χ3v) is 2.68. The number of anilines is 1.